The number of likely N-dealkylation sites (N-methyl/N-ethyl adjacent to an activating group) is 1. The Morgan fingerprint density at radius 1 is 1.36 bits per heavy atom. The van der Waals surface area contributed by atoms with Crippen molar-refractivity contribution >= 4 is 34.0 Å². The lowest BCUT2D eigenvalue weighted by Gasteiger charge is -2.23. The first-order chi connectivity index (χ1) is 13.5. The molecule has 3 heterocycles. The minimum atomic E-state index is -0.347. The van der Waals surface area contributed by atoms with E-state index in [-0.39, 0.29) is 24.2 Å². The fraction of sp³-hybridized carbons (Fsp3) is 0.476. The van der Waals surface area contributed by atoms with Crippen molar-refractivity contribution in [2.45, 2.75) is 40.2 Å². The maximum Gasteiger partial charge on any atom is 0.231 e. The van der Waals surface area contributed by atoms with E-state index in [0.29, 0.717) is 11.7 Å². The van der Waals surface area contributed by atoms with Gasteiger partial charge in [-0.25, -0.2) is 4.98 Å². The molecule has 6 nitrogen and oxygen atoms in total. The Morgan fingerprint density at radius 2 is 2.18 bits per heavy atom. The van der Waals surface area contributed by atoms with Crippen molar-refractivity contribution in [1.29, 1.82) is 0 Å². The summed E-state index contributed by atoms with van der Waals surface area (Å²) >= 11 is 1.56. The largest absolute Gasteiger partial charge is 0.311 e. The van der Waals surface area contributed by atoms with Gasteiger partial charge in [0.2, 0.25) is 11.8 Å². The fourth-order valence-electron chi connectivity index (χ4n) is 3.92. The van der Waals surface area contributed by atoms with Crippen molar-refractivity contribution in [3.05, 3.63) is 39.9 Å². The van der Waals surface area contributed by atoms with Crippen LogP contribution in [-0.2, 0) is 22.6 Å². The molecule has 1 aromatic heterocycles. The smallest absolute Gasteiger partial charge is 0.231 e. The van der Waals surface area contributed by atoms with Gasteiger partial charge in [0.05, 0.1) is 11.6 Å². The summed E-state index contributed by atoms with van der Waals surface area (Å²) in [6, 6.07) is 5.94. The number of benzene rings is 1. The first-order valence-electron chi connectivity index (χ1n) is 9.84. The molecule has 1 atom stereocenters. The molecule has 2 amide bonds. The van der Waals surface area contributed by atoms with E-state index in [0.717, 1.165) is 48.6 Å². The van der Waals surface area contributed by atoms with Crippen LogP contribution in [0.4, 0.5) is 10.8 Å². The van der Waals surface area contributed by atoms with Gasteiger partial charge in [0.15, 0.2) is 5.13 Å². The van der Waals surface area contributed by atoms with Gasteiger partial charge in [-0.3, -0.25) is 14.5 Å². The first kappa shape index (κ1) is 19.1. The second kappa shape index (κ2) is 7.64. The number of thiazole rings is 1. The van der Waals surface area contributed by atoms with E-state index in [1.54, 1.807) is 16.2 Å². The van der Waals surface area contributed by atoms with Crippen LogP contribution in [-0.4, -0.2) is 41.3 Å². The van der Waals surface area contributed by atoms with Crippen LogP contribution in [0.25, 0.3) is 0 Å². The number of carbonyl (C=O) groups is 2. The summed E-state index contributed by atoms with van der Waals surface area (Å²) in [5.41, 5.74) is 4.24. The fourth-order valence-corrected chi connectivity index (χ4v) is 4.98. The normalized spacial score (nSPS) is 19.8. The summed E-state index contributed by atoms with van der Waals surface area (Å²) in [6.07, 6.45) is 1.17. The molecule has 2 aliphatic heterocycles. The maximum absolute atomic E-state index is 12.8. The van der Waals surface area contributed by atoms with Crippen LogP contribution in [0, 0.1) is 19.8 Å². The molecule has 148 valence electrons. The molecular formula is C21H26N4O2S. The third-order valence-corrected chi connectivity index (χ3v) is 6.85. The Balaban J connectivity index is 1.44. The molecule has 0 aliphatic carbocycles. The SMILES string of the molecule is CCN1CCc2nc(NC(=O)[C@H]3CC(=O)N(c4cccc(C)c4C)C3)sc2C1. The molecule has 0 bridgehead atoms. The highest BCUT2D eigenvalue weighted by atomic mass is 32.1. The minimum Gasteiger partial charge on any atom is -0.311 e. The van der Waals surface area contributed by atoms with E-state index in [4.69, 9.17) is 0 Å². The summed E-state index contributed by atoms with van der Waals surface area (Å²) in [6.45, 7) is 9.58. The molecular weight excluding hydrogens is 372 g/mol. The minimum absolute atomic E-state index is 0.00544. The van der Waals surface area contributed by atoms with Gasteiger partial charge in [0.1, 0.15) is 0 Å². The van der Waals surface area contributed by atoms with Crippen LogP contribution in [0.5, 0.6) is 0 Å². The van der Waals surface area contributed by atoms with Crippen molar-refractivity contribution in [2.75, 3.05) is 29.9 Å². The number of amides is 2. The molecule has 1 fully saturated rings. The Morgan fingerprint density at radius 3 is 2.96 bits per heavy atom. The number of hydrogen-bond acceptors (Lipinski definition) is 5. The molecule has 1 saturated heterocycles. The van der Waals surface area contributed by atoms with Gasteiger partial charge in [0.25, 0.3) is 0 Å². The van der Waals surface area contributed by atoms with Crippen molar-refractivity contribution in [3.63, 3.8) is 0 Å². The summed E-state index contributed by atoms with van der Waals surface area (Å²) in [5, 5.41) is 3.62. The highest BCUT2D eigenvalue weighted by Gasteiger charge is 2.36. The molecule has 1 N–H and O–H groups in total. The Bertz CT molecular complexity index is 923. The number of fused-ring (bicyclic) bond motifs is 1. The summed E-state index contributed by atoms with van der Waals surface area (Å²) in [4.78, 5) is 35.3. The van der Waals surface area contributed by atoms with Crippen LogP contribution in [0.15, 0.2) is 18.2 Å². The first-order valence-corrected chi connectivity index (χ1v) is 10.7. The van der Waals surface area contributed by atoms with Crippen LogP contribution < -0.4 is 10.2 Å². The van der Waals surface area contributed by atoms with Crippen molar-refractivity contribution in [3.8, 4) is 0 Å². The molecule has 0 saturated carbocycles. The van der Waals surface area contributed by atoms with Crippen molar-refractivity contribution < 1.29 is 9.59 Å². The van der Waals surface area contributed by atoms with Crippen LogP contribution in [0.2, 0.25) is 0 Å². The van der Waals surface area contributed by atoms with E-state index in [1.807, 2.05) is 32.0 Å². The third-order valence-electron chi connectivity index (χ3n) is 5.85. The topological polar surface area (TPSA) is 65.5 Å². The Kier molecular flexibility index (Phi) is 5.21. The summed E-state index contributed by atoms with van der Waals surface area (Å²) < 4.78 is 0. The number of anilines is 2. The molecule has 0 radical (unpaired) electrons. The van der Waals surface area contributed by atoms with Gasteiger partial charge in [-0.15, -0.1) is 11.3 Å². The predicted octanol–water partition coefficient (Wildman–Crippen LogP) is 3.13. The van der Waals surface area contributed by atoms with Gasteiger partial charge < -0.3 is 10.2 Å². The highest BCUT2D eigenvalue weighted by Crippen LogP contribution is 2.32. The second-order valence-electron chi connectivity index (χ2n) is 7.62. The van der Waals surface area contributed by atoms with Gasteiger partial charge in [0, 0.05) is 43.0 Å². The average molecular weight is 399 g/mol. The van der Waals surface area contributed by atoms with E-state index in [2.05, 4.69) is 22.1 Å². The quantitative estimate of drug-likeness (QED) is 0.859. The molecule has 0 spiro atoms. The van der Waals surface area contributed by atoms with E-state index >= 15 is 0 Å². The molecule has 7 heteroatoms. The average Bonchev–Trinajstić information content (AvgIpc) is 3.26. The zero-order valence-electron chi connectivity index (χ0n) is 16.6. The van der Waals surface area contributed by atoms with E-state index in [9.17, 15) is 9.59 Å². The third kappa shape index (κ3) is 3.56. The standard InChI is InChI=1S/C21H26N4O2S/c1-4-24-9-8-16-18(12-24)28-21(22-16)23-20(27)15-10-19(26)25(11-15)17-7-5-6-13(2)14(17)3/h5-7,15H,4,8-12H2,1-3H3,(H,22,23,27)/t15-/m0/s1. The van der Waals surface area contributed by atoms with Gasteiger partial charge >= 0.3 is 0 Å². The van der Waals surface area contributed by atoms with Gasteiger partial charge in [-0.05, 0) is 37.6 Å². The maximum atomic E-state index is 12.8. The lowest BCUT2D eigenvalue weighted by molar-refractivity contribution is -0.122. The van der Waals surface area contributed by atoms with Crippen LogP contribution in [0.1, 0.15) is 35.0 Å². The molecule has 28 heavy (non-hydrogen) atoms. The summed E-state index contributed by atoms with van der Waals surface area (Å²) in [5.74, 6) is -0.453. The summed E-state index contributed by atoms with van der Waals surface area (Å²) in [7, 11) is 0. The number of rotatable bonds is 4. The molecule has 0 unspecified atom stereocenters. The Labute approximate surface area is 169 Å². The Hall–Kier alpha value is -2.25. The van der Waals surface area contributed by atoms with Gasteiger partial charge in [-0.1, -0.05) is 19.1 Å². The van der Waals surface area contributed by atoms with Crippen molar-refractivity contribution in [2.24, 2.45) is 5.92 Å². The number of aryl methyl sites for hydroxylation is 1. The lowest BCUT2D eigenvalue weighted by Crippen LogP contribution is -2.29. The highest BCUT2D eigenvalue weighted by molar-refractivity contribution is 7.15. The molecule has 2 aliphatic rings. The predicted molar refractivity (Wildman–Crippen MR) is 112 cm³/mol. The van der Waals surface area contributed by atoms with E-state index < -0.39 is 0 Å². The zero-order valence-corrected chi connectivity index (χ0v) is 17.4. The zero-order chi connectivity index (χ0) is 19.8. The number of aromatic nitrogens is 1. The number of nitrogens with zero attached hydrogens (tertiary/aromatic N) is 3. The number of carbonyl (C=O) groups excluding carboxylic acids is 2. The number of hydrogen-bond donors (Lipinski definition) is 1. The molecule has 4 rings (SSSR count). The van der Waals surface area contributed by atoms with Crippen LogP contribution in [0.3, 0.4) is 0 Å². The van der Waals surface area contributed by atoms with Crippen LogP contribution >= 0.6 is 11.3 Å². The van der Waals surface area contributed by atoms with E-state index in [1.165, 1.54) is 4.88 Å². The molecule has 1 aromatic carbocycles. The van der Waals surface area contributed by atoms with Crippen molar-refractivity contribution in [1.82, 2.24) is 9.88 Å². The monoisotopic (exact) mass is 398 g/mol. The molecule has 2 aromatic rings. The number of nitrogens with one attached hydrogen (secondary N) is 1. The lowest BCUT2D eigenvalue weighted by atomic mass is 10.1. The second-order valence-corrected chi connectivity index (χ2v) is 8.70. The van der Waals surface area contributed by atoms with Gasteiger partial charge in [-0.2, -0.15) is 0 Å².